The second kappa shape index (κ2) is 6.57. The number of amides is 1. The summed E-state index contributed by atoms with van der Waals surface area (Å²) >= 11 is 0. The molecule has 6 nitrogen and oxygen atoms in total. The van der Waals surface area contributed by atoms with Gasteiger partial charge in [-0.1, -0.05) is 42.5 Å². The Labute approximate surface area is 155 Å². The number of fused-ring (bicyclic) bond motifs is 1. The third kappa shape index (κ3) is 2.91. The molecule has 0 saturated heterocycles. The van der Waals surface area contributed by atoms with Crippen LogP contribution in [-0.4, -0.2) is 20.3 Å². The number of carbonyl (C=O) groups is 1. The molecule has 0 unspecified atom stereocenters. The molecule has 27 heavy (non-hydrogen) atoms. The molecule has 134 valence electrons. The van der Waals surface area contributed by atoms with Gasteiger partial charge in [0.25, 0.3) is 11.5 Å². The normalized spacial score (nSPS) is 10.9. The van der Waals surface area contributed by atoms with Gasteiger partial charge >= 0.3 is 0 Å². The number of aromatic nitrogens is 3. The maximum absolute atomic E-state index is 12.9. The van der Waals surface area contributed by atoms with Gasteiger partial charge in [-0.15, -0.1) is 0 Å². The van der Waals surface area contributed by atoms with E-state index in [9.17, 15) is 9.59 Å². The van der Waals surface area contributed by atoms with Crippen LogP contribution in [0.4, 0.5) is 5.69 Å². The van der Waals surface area contributed by atoms with Crippen molar-refractivity contribution in [3.05, 3.63) is 88.5 Å². The average molecular weight is 358 g/mol. The number of hydrogen-bond donors (Lipinski definition) is 1. The van der Waals surface area contributed by atoms with Crippen LogP contribution >= 0.6 is 0 Å². The average Bonchev–Trinajstić information content (AvgIpc) is 2.91. The zero-order chi connectivity index (χ0) is 19.0. The molecular formula is C21H18N4O2. The van der Waals surface area contributed by atoms with Gasteiger partial charge in [-0.3, -0.25) is 14.3 Å². The first-order chi connectivity index (χ1) is 13.1. The van der Waals surface area contributed by atoms with Gasteiger partial charge in [-0.25, -0.2) is 9.67 Å². The summed E-state index contributed by atoms with van der Waals surface area (Å²) in [5, 5.41) is 3.69. The first-order valence-corrected chi connectivity index (χ1v) is 8.57. The van der Waals surface area contributed by atoms with Gasteiger partial charge in [0.2, 0.25) is 0 Å². The monoisotopic (exact) mass is 358 g/mol. The van der Waals surface area contributed by atoms with Gasteiger partial charge in [0, 0.05) is 12.4 Å². The van der Waals surface area contributed by atoms with Gasteiger partial charge in [-0.2, -0.15) is 0 Å². The molecule has 2 aromatic heterocycles. The van der Waals surface area contributed by atoms with E-state index < -0.39 is 5.91 Å². The summed E-state index contributed by atoms with van der Waals surface area (Å²) < 4.78 is 3.25. The number of nitrogens with one attached hydrogen (secondary N) is 1. The third-order valence-corrected chi connectivity index (χ3v) is 4.62. The summed E-state index contributed by atoms with van der Waals surface area (Å²) in [6.07, 6.45) is 0. The number of carbonyl (C=O) groups excluding carboxylic acids is 1. The van der Waals surface area contributed by atoms with Gasteiger partial charge in [0.15, 0.2) is 0 Å². The molecule has 4 rings (SSSR count). The van der Waals surface area contributed by atoms with Crippen molar-refractivity contribution >= 4 is 22.5 Å². The van der Waals surface area contributed by atoms with Crippen LogP contribution < -0.4 is 10.9 Å². The lowest BCUT2D eigenvalue weighted by Crippen LogP contribution is -2.23. The van der Waals surface area contributed by atoms with Crippen LogP contribution in [0.15, 0.2) is 71.5 Å². The predicted octanol–water partition coefficient (Wildman–Crippen LogP) is 3.28. The maximum Gasteiger partial charge on any atom is 0.295 e. The standard InChI is InChI=1S/C21H18N4O2/c1-14-19(21(27)25(24(14)2)16-9-4-3-5-10-16)23-20(26)18-13-12-15-8-6-7-11-17(15)22-18/h3-13H,1-2H3,(H,23,26). The van der Waals surface area contributed by atoms with Crippen molar-refractivity contribution in [2.24, 2.45) is 7.05 Å². The number of nitrogens with zero attached hydrogens (tertiary/aromatic N) is 3. The Bertz CT molecular complexity index is 1210. The van der Waals surface area contributed by atoms with Crippen LogP contribution in [-0.2, 0) is 7.05 Å². The highest BCUT2D eigenvalue weighted by Gasteiger charge is 2.19. The van der Waals surface area contributed by atoms with E-state index in [-0.39, 0.29) is 16.9 Å². The quantitative estimate of drug-likeness (QED) is 0.611. The lowest BCUT2D eigenvalue weighted by Gasteiger charge is -2.07. The highest BCUT2D eigenvalue weighted by Crippen LogP contribution is 2.16. The Kier molecular flexibility index (Phi) is 4.08. The maximum atomic E-state index is 12.9. The highest BCUT2D eigenvalue weighted by molar-refractivity contribution is 6.04. The fraction of sp³-hybridized carbons (Fsp3) is 0.0952. The molecule has 0 fully saturated rings. The van der Waals surface area contributed by atoms with E-state index in [1.807, 2.05) is 60.7 Å². The molecule has 4 aromatic rings. The van der Waals surface area contributed by atoms with Crippen LogP contribution in [0.1, 0.15) is 16.2 Å². The number of pyridine rings is 1. The molecule has 0 atom stereocenters. The zero-order valence-electron chi connectivity index (χ0n) is 15.0. The molecular weight excluding hydrogens is 340 g/mol. The van der Waals surface area contributed by atoms with Crippen LogP contribution in [0, 0.1) is 6.92 Å². The van der Waals surface area contributed by atoms with Crippen molar-refractivity contribution in [2.75, 3.05) is 5.32 Å². The lowest BCUT2D eigenvalue weighted by molar-refractivity contribution is 0.102. The Hall–Kier alpha value is -3.67. The van der Waals surface area contributed by atoms with E-state index in [4.69, 9.17) is 0 Å². The number of benzene rings is 2. The predicted molar refractivity (Wildman–Crippen MR) is 105 cm³/mol. The summed E-state index contributed by atoms with van der Waals surface area (Å²) in [6, 6.07) is 20.4. The van der Waals surface area contributed by atoms with Crippen LogP contribution in [0.5, 0.6) is 0 Å². The van der Waals surface area contributed by atoms with E-state index in [1.54, 1.807) is 24.7 Å². The smallest absolute Gasteiger partial charge is 0.295 e. The fourth-order valence-electron chi connectivity index (χ4n) is 3.08. The van der Waals surface area contributed by atoms with Gasteiger partial charge in [-0.05, 0) is 31.2 Å². The zero-order valence-corrected chi connectivity index (χ0v) is 15.0. The van der Waals surface area contributed by atoms with Crippen molar-refractivity contribution in [3.63, 3.8) is 0 Å². The Morgan fingerprint density at radius 2 is 1.67 bits per heavy atom. The Morgan fingerprint density at radius 1 is 0.963 bits per heavy atom. The van der Waals surface area contributed by atoms with Crippen LogP contribution in [0.25, 0.3) is 16.6 Å². The van der Waals surface area contributed by atoms with E-state index >= 15 is 0 Å². The Balaban J connectivity index is 1.72. The summed E-state index contributed by atoms with van der Waals surface area (Å²) in [6.45, 7) is 1.80. The SMILES string of the molecule is Cc1c(NC(=O)c2ccc3ccccc3n2)c(=O)n(-c2ccccc2)n1C. The van der Waals surface area contributed by atoms with Crippen LogP contribution in [0.3, 0.4) is 0 Å². The van der Waals surface area contributed by atoms with Crippen molar-refractivity contribution in [3.8, 4) is 5.69 Å². The van der Waals surface area contributed by atoms with Crippen LogP contribution in [0.2, 0.25) is 0 Å². The van der Waals surface area contributed by atoms with Crippen molar-refractivity contribution in [1.29, 1.82) is 0 Å². The van der Waals surface area contributed by atoms with Crippen molar-refractivity contribution < 1.29 is 4.79 Å². The molecule has 0 spiro atoms. The topological polar surface area (TPSA) is 68.9 Å². The number of hydrogen-bond acceptors (Lipinski definition) is 3. The summed E-state index contributed by atoms with van der Waals surface area (Å²) in [5.74, 6) is -0.410. The number of rotatable bonds is 3. The fourth-order valence-corrected chi connectivity index (χ4v) is 3.08. The number of para-hydroxylation sites is 2. The molecule has 0 bridgehead atoms. The van der Waals surface area contributed by atoms with E-state index in [0.29, 0.717) is 5.69 Å². The molecule has 0 saturated carbocycles. The molecule has 2 heterocycles. The molecule has 6 heteroatoms. The van der Waals surface area contributed by atoms with Crippen molar-refractivity contribution in [2.45, 2.75) is 6.92 Å². The van der Waals surface area contributed by atoms with Crippen molar-refractivity contribution in [1.82, 2.24) is 14.3 Å². The second-order valence-corrected chi connectivity index (χ2v) is 6.28. The summed E-state index contributed by atoms with van der Waals surface area (Å²) in [7, 11) is 1.79. The first-order valence-electron chi connectivity index (χ1n) is 8.57. The highest BCUT2D eigenvalue weighted by atomic mass is 16.2. The van der Waals surface area contributed by atoms with Gasteiger partial charge < -0.3 is 5.32 Å². The molecule has 1 N–H and O–H groups in total. The Morgan fingerprint density at radius 3 is 2.44 bits per heavy atom. The van der Waals surface area contributed by atoms with E-state index in [1.165, 1.54) is 4.68 Å². The molecule has 0 aliphatic heterocycles. The molecule has 0 aliphatic rings. The molecule has 0 aliphatic carbocycles. The molecule has 0 radical (unpaired) electrons. The van der Waals surface area contributed by atoms with Gasteiger partial charge in [0.1, 0.15) is 11.4 Å². The minimum atomic E-state index is -0.410. The minimum Gasteiger partial charge on any atom is -0.314 e. The minimum absolute atomic E-state index is 0.251. The second-order valence-electron chi connectivity index (χ2n) is 6.28. The molecule has 2 aromatic carbocycles. The lowest BCUT2D eigenvalue weighted by atomic mass is 10.2. The first kappa shape index (κ1) is 16.8. The number of anilines is 1. The van der Waals surface area contributed by atoms with E-state index in [2.05, 4.69) is 10.3 Å². The third-order valence-electron chi connectivity index (χ3n) is 4.62. The molecule has 1 amide bonds. The summed E-state index contributed by atoms with van der Waals surface area (Å²) in [5.41, 5.74) is 2.37. The largest absolute Gasteiger partial charge is 0.314 e. The van der Waals surface area contributed by atoms with Gasteiger partial charge in [0.05, 0.1) is 16.9 Å². The summed E-state index contributed by atoms with van der Waals surface area (Å²) in [4.78, 5) is 30.0. The van der Waals surface area contributed by atoms with E-state index in [0.717, 1.165) is 16.6 Å².